The summed E-state index contributed by atoms with van der Waals surface area (Å²) in [5, 5.41) is 8.08. The maximum Gasteiger partial charge on any atom is 0.191 e. The summed E-state index contributed by atoms with van der Waals surface area (Å²) in [7, 11) is 0. The minimum absolute atomic E-state index is 0.424. The lowest BCUT2D eigenvalue weighted by Gasteiger charge is -2.55. The number of fused-ring (bicyclic) bond motifs is 1. The maximum atomic E-state index is 5.33. The molecule has 0 aromatic heterocycles. The first kappa shape index (κ1) is 16.2. The Balaban J connectivity index is 1.57. The highest BCUT2D eigenvalue weighted by atomic mass is 32.1. The van der Waals surface area contributed by atoms with Crippen LogP contribution in [0.2, 0.25) is 0 Å². The summed E-state index contributed by atoms with van der Waals surface area (Å²) >= 11 is 5.33. The van der Waals surface area contributed by atoms with E-state index in [0.29, 0.717) is 16.4 Å². The standard InChI is InChI=1S/C19H25N3S/c1-12-6-5-7-17(13(12)2)21-18(23)22-20-11-14-8-9-15-10-16(14)19(15,3)4/h5-8,11,15-16H,9-10H2,1-4H3,(H2,21,22,23)/b20-11-/t15-,16-/m0/s1. The van der Waals surface area contributed by atoms with Gasteiger partial charge in [-0.2, -0.15) is 5.10 Å². The van der Waals surface area contributed by atoms with Crippen molar-refractivity contribution in [3.8, 4) is 0 Å². The minimum Gasteiger partial charge on any atom is -0.331 e. The van der Waals surface area contributed by atoms with Gasteiger partial charge in [0.25, 0.3) is 0 Å². The maximum absolute atomic E-state index is 5.33. The summed E-state index contributed by atoms with van der Waals surface area (Å²) in [4.78, 5) is 0. The van der Waals surface area contributed by atoms with Gasteiger partial charge in [0.1, 0.15) is 0 Å². The van der Waals surface area contributed by atoms with Crippen LogP contribution >= 0.6 is 12.2 Å². The van der Waals surface area contributed by atoms with Crippen molar-refractivity contribution in [2.24, 2.45) is 22.4 Å². The monoisotopic (exact) mass is 327 g/mol. The zero-order valence-corrected chi connectivity index (χ0v) is 15.1. The number of anilines is 1. The summed E-state index contributed by atoms with van der Waals surface area (Å²) in [5.41, 5.74) is 8.19. The lowest BCUT2D eigenvalue weighted by atomic mass is 9.49. The van der Waals surface area contributed by atoms with Crippen LogP contribution in [0.3, 0.4) is 0 Å². The Morgan fingerprint density at radius 2 is 2.13 bits per heavy atom. The van der Waals surface area contributed by atoms with E-state index in [9.17, 15) is 0 Å². The summed E-state index contributed by atoms with van der Waals surface area (Å²) in [5.74, 6) is 1.50. The molecule has 0 amide bonds. The summed E-state index contributed by atoms with van der Waals surface area (Å²) in [6.07, 6.45) is 6.75. The van der Waals surface area contributed by atoms with Gasteiger partial charge in [-0.15, -0.1) is 0 Å². The number of hydrogen-bond donors (Lipinski definition) is 2. The van der Waals surface area contributed by atoms with Gasteiger partial charge in [-0.3, -0.25) is 5.43 Å². The highest BCUT2D eigenvalue weighted by Gasteiger charge is 2.50. The molecule has 0 saturated heterocycles. The van der Waals surface area contributed by atoms with Crippen LogP contribution in [0.15, 0.2) is 34.9 Å². The topological polar surface area (TPSA) is 36.4 Å². The normalized spacial score (nSPS) is 24.8. The molecule has 0 spiro atoms. The van der Waals surface area contributed by atoms with Gasteiger partial charge in [0, 0.05) is 5.69 Å². The molecule has 0 aliphatic heterocycles. The lowest BCUT2D eigenvalue weighted by molar-refractivity contribution is -0.00126. The fourth-order valence-electron chi connectivity index (χ4n) is 3.75. The molecule has 0 unspecified atom stereocenters. The van der Waals surface area contributed by atoms with Gasteiger partial charge in [-0.05, 0) is 78.9 Å². The van der Waals surface area contributed by atoms with E-state index in [1.165, 1.54) is 29.5 Å². The number of nitrogens with zero attached hydrogens (tertiary/aromatic N) is 1. The number of benzene rings is 1. The Kier molecular flexibility index (Phi) is 4.28. The second kappa shape index (κ2) is 6.08. The molecule has 1 aromatic carbocycles. The average Bonchev–Trinajstić information content (AvgIpc) is 2.52. The van der Waals surface area contributed by atoms with E-state index in [4.69, 9.17) is 12.2 Å². The van der Waals surface area contributed by atoms with Crippen molar-refractivity contribution in [3.63, 3.8) is 0 Å². The van der Waals surface area contributed by atoms with E-state index in [2.05, 4.69) is 55.7 Å². The molecular formula is C19H25N3S. The fourth-order valence-corrected chi connectivity index (χ4v) is 3.91. The fraction of sp³-hybridized carbons (Fsp3) is 0.474. The molecule has 122 valence electrons. The average molecular weight is 327 g/mol. The Bertz CT molecular complexity index is 688. The molecule has 2 atom stereocenters. The second-order valence-electron chi connectivity index (χ2n) is 7.32. The van der Waals surface area contributed by atoms with Crippen molar-refractivity contribution in [2.45, 2.75) is 40.5 Å². The zero-order chi connectivity index (χ0) is 16.6. The number of nitrogens with one attached hydrogen (secondary N) is 2. The predicted octanol–water partition coefficient (Wildman–Crippen LogP) is 4.57. The third kappa shape index (κ3) is 3.05. The smallest absolute Gasteiger partial charge is 0.191 e. The Morgan fingerprint density at radius 3 is 2.83 bits per heavy atom. The van der Waals surface area contributed by atoms with Crippen molar-refractivity contribution in [3.05, 3.63) is 41.0 Å². The largest absolute Gasteiger partial charge is 0.331 e. The Hall–Kier alpha value is -1.68. The van der Waals surface area contributed by atoms with Gasteiger partial charge in [-0.1, -0.05) is 32.1 Å². The third-order valence-electron chi connectivity index (χ3n) is 5.74. The molecule has 2 N–H and O–H groups in total. The molecule has 1 saturated carbocycles. The first-order valence-corrected chi connectivity index (χ1v) is 8.66. The summed E-state index contributed by atoms with van der Waals surface area (Å²) in [6.45, 7) is 8.92. The Morgan fingerprint density at radius 1 is 1.35 bits per heavy atom. The van der Waals surface area contributed by atoms with Gasteiger partial charge in [0.2, 0.25) is 0 Å². The van der Waals surface area contributed by atoms with E-state index in [1.807, 2.05) is 18.3 Å². The first-order valence-electron chi connectivity index (χ1n) is 8.26. The third-order valence-corrected chi connectivity index (χ3v) is 5.94. The van der Waals surface area contributed by atoms with Gasteiger partial charge in [-0.25, -0.2) is 0 Å². The van der Waals surface area contributed by atoms with E-state index < -0.39 is 0 Å². The molecule has 4 heteroatoms. The van der Waals surface area contributed by atoms with E-state index in [0.717, 1.165) is 11.6 Å². The van der Waals surface area contributed by atoms with Crippen LogP contribution in [-0.4, -0.2) is 11.3 Å². The van der Waals surface area contributed by atoms with Gasteiger partial charge >= 0.3 is 0 Å². The van der Waals surface area contributed by atoms with E-state index in [1.54, 1.807) is 0 Å². The van der Waals surface area contributed by atoms with Gasteiger partial charge in [0.15, 0.2) is 5.11 Å². The zero-order valence-electron chi connectivity index (χ0n) is 14.3. The number of allylic oxidation sites excluding steroid dienone is 2. The lowest BCUT2D eigenvalue weighted by Crippen LogP contribution is -2.48. The molecule has 1 aromatic rings. The van der Waals surface area contributed by atoms with E-state index in [-0.39, 0.29) is 0 Å². The number of rotatable bonds is 3. The highest BCUT2D eigenvalue weighted by Crippen LogP contribution is 2.58. The SMILES string of the molecule is Cc1cccc(NC(=S)N/N=C\C2=CC[C@H]3C[C@@H]2C3(C)C)c1C. The van der Waals surface area contributed by atoms with Crippen molar-refractivity contribution in [1.82, 2.24) is 5.43 Å². The van der Waals surface area contributed by atoms with Crippen LogP contribution in [0.25, 0.3) is 0 Å². The molecule has 2 bridgehead atoms. The van der Waals surface area contributed by atoms with Crippen LogP contribution in [0.5, 0.6) is 0 Å². The van der Waals surface area contributed by atoms with Crippen molar-refractivity contribution < 1.29 is 0 Å². The minimum atomic E-state index is 0.424. The van der Waals surface area contributed by atoms with Crippen molar-refractivity contribution in [1.29, 1.82) is 0 Å². The highest BCUT2D eigenvalue weighted by molar-refractivity contribution is 7.80. The van der Waals surface area contributed by atoms with Crippen LogP contribution in [0, 0.1) is 31.1 Å². The number of aryl methyl sites for hydroxylation is 1. The Labute approximate surface area is 144 Å². The molecule has 1 fully saturated rings. The molecule has 0 heterocycles. The second-order valence-corrected chi connectivity index (χ2v) is 7.73. The number of hydrogen-bond acceptors (Lipinski definition) is 2. The van der Waals surface area contributed by atoms with Crippen LogP contribution in [0.1, 0.15) is 37.8 Å². The van der Waals surface area contributed by atoms with Crippen LogP contribution in [0.4, 0.5) is 5.69 Å². The molecule has 23 heavy (non-hydrogen) atoms. The summed E-state index contributed by atoms with van der Waals surface area (Å²) in [6, 6.07) is 6.15. The van der Waals surface area contributed by atoms with Crippen molar-refractivity contribution in [2.75, 3.05) is 5.32 Å². The molecule has 3 aliphatic carbocycles. The first-order chi connectivity index (χ1) is 10.9. The van der Waals surface area contributed by atoms with Gasteiger partial charge < -0.3 is 5.32 Å². The summed E-state index contributed by atoms with van der Waals surface area (Å²) < 4.78 is 0. The number of thiocarbonyl (C=S) groups is 1. The molecule has 3 aliphatic rings. The predicted molar refractivity (Wildman–Crippen MR) is 102 cm³/mol. The van der Waals surface area contributed by atoms with E-state index >= 15 is 0 Å². The quantitative estimate of drug-likeness (QED) is 0.485. The van der Waals surface area contributed by atoms with Crippen molar-refractivity contribution >= 4 is 29.2 Å². The number of hydrazone groups is 1. The van der Waals surface area contributed by atoms with Gasteiger partial charge in [0.05, 0.1) is 6.21 Å². The van der Waals surface area contributed by atoms with Crippen LogP contribution in [-0.2, 0) is 0 Å². The molecule has 0 radical (unpaired) electrons. The van der Waals surface area contributed by atoms with Crippen LogP contribution < -0.4 is 10.7 Å². The molecule has 3 nitrogen and oxygen atoms in total. The molecular weight excluding hydrogens is 302 g/mol. The molecule has 4 rings (SSSR count).